The van der Waals surface area contributed by atoms with E-state index < -0.39 is 0 Å². The molecule has 0 amide bonds. The number of nitrogens with one attached hydrogen (secondary N) is 1. The Morgan fingerprint density at radius 1 is 1.45 bits per heavy atom. The summed E-state index contributed by atoms with van der Waals surface area (Å²) in [6.45, 7) is 11.2. The molecular formula is C16H25FN2O. The van der Waals surface area contributed by atoms with Gasteiger partial charge in [0, 0.05) is 23.7 Å². The maximum Gasteiger partial charge on any atom is 0.146 e. The van der Waals surface area contributed by atoms with Crippen LogP contribution < -0.4 is 5.32 Å². The van der Waals surface area contributed by atoms with Crippen LogP contribution in [0.5, 0.6) is 0 Å². The Bertz CT molecular complexity index is 473. The van der Waals surface area contributed by atoms with Gasteiger partial charge < -0.3 is 10.1 Å². The summed E-state index contributed by atoms with van der Waals surface area (Å²) in [5.74, 6) is -0.0340. The van der Waals surface area contributed by atoms with Crippen LogP contribution >= 0.6 is 0 Å². The van der Waals surface area contributed by atoms with Gasteiger partial charge >= 0.3 is 0 Å². The molecule has 0 bridgehead atoms. The molecule has 112 valence electrons. The number of hydrogen-bond donors (Lipinski definition) is 1. The molecule has 2 unspecified atom stereocenters. The molecule has 1 aromatic rings. The average molecular weight is 280 g/mol. The van der Waals surface area contributed by atoms with Crippen LogP contribution in [-0.2, 0) is 4.74 Å². The van der Waals surface area contributed by atoms with Gasteiger partial charge in [0.25, 0.3) is 0 Å². The van der Waals surface area contributed by atoms with E-state index in [1.165, 1.54) is 6.20 Å². The molecule has 1 fully saturated rings. The van der Waals surface area contributed by atoms with Crippen LogP contribution in [0.2, 0.25) is 0 Å². The van der Waals surface area contributed by atoms with E-state index in [2.05, 4.69) is 38.0 Å². The molecule has 0 radical (unpaired) electrons. The van der Waals surface area contributed by atoms with Crippen LogP contribution in [0.4, 0.5) is 4.39 Å². The number of halogens is 1. The fourth-order valence-corrected chi connectivity index (χ4v) is 3.45. The molecule has 1 aromatic heterocycles. The van der Waals surface area contributed by atoms with Crippen molar-refractivity contribution in [3.05, 3.63) is 29.8 Å². The molecule has 0 aliphatic carbocycles. The molecule has 1 aliphatic rings. The maximum absolute atomic E-state index is 14.1. The van der Waals surface area contributed by atoms with Crippen LogP contribution in [0.3, 0.4) is 0 Å². The van der Waals surface area contributed by atoms with Crippen molar-refractivity contribution in [2.45, 2.75) is 58.3 Å². The van der Waals surface area contributed by atoms with E-state index >= 15 is 0 Å². The zero-order valence-electron chi connectivity index (χ0n) is 13.0. The highest BCUT2D eigenvalue weighted by atomic mass is 19.1. The molecular weight excluding hydrogens is 255 g/mol. The smallest absolute Gasteiger partial charge is 0.146 e. The lowest BCUT2D eigenvalue weighted by atomic mass is 9.79. The van der Waals surface area contributed by atoms with Gasteiger partial charge in [0.15, 0.2) is 0 Å². The SMILES string of the molecule is CCNC(c1ccncc1F)C1CC(C)(C)OC1(C)C. The average Bonchev–Trinajstić information content (AvgIpc) is 2.55. The first-order valence-electron chi connectivity index (χ1n) is 7.30. The quantitative estimate of drug-likeness (QED) is 0.917. The minimum atomic E-state index is -0.286. The van der Waals surface area contributed by atoms with Crippen molar-refractivity contribution in [3.63, 3.8) is 0 Å². The van der Waals surface area contributed by atoms with Gasteiger partial charge in [0.1, 0.15) is 5.82 Å². The van der Waals surface area contributed by atoms with E-state index in [0.717, 1.165) is 13.0 Å². The Morgan fingerprint density at radius 3 is 2.65 bits per heavy atom. The Hall–Kier alpha value is -1.00. The Labute approximate surface area is 120 Å². The zero-order valence-corrected chi connectivity index (χ0v) is 13.0. The first-order chi connectivity index (χ1) is 9.27. The predicted octanol–water partition coefficient (Wildman–Crippen LogP) is 3.47. The van der Waals surface area contributed by atoms with Gasteiger partial charge in [-0.25, -0.2) is 4.39 Å². The van der Waals surface area contributed by atoms with Crippen LogP contribution in [0.1, 0.15) is 52.6 Å². The molecule has 2 heterocycles. The Morgan fingerprint density at radius 2 is 2.15 bits per heavy atom. The second kappa shape index (κ2) is 5.41. The molecule has 2 rings (SSSR count). The second-order valence-corrected chi connectivity index (χ2v) is 6.71. The van der Waals surface area contributed by atoms with Crippen LogP contribution in [-0.4, -0.2) is 22.7 Å². The molecule has 0 spiro atoms. The van der Waals surface area contributed by atoms with Crippen molar-refractivity contribution < 1.29 is 9.13 Å². The second-order valence-electron chi connectivity index (χ2n) is 6.71. The largest absolute Gasteiger partial charge is 0.369 e. The van der Waals surface area contributed by atoms with Gasteiger partial charge in [-0.1, -0.05) is 6.92 Å². The number of rotatable bonds is 4. The zero-order chi connectivity index (χ0) is 15.0. The highest BCUT2D eigenvalue weighted by Gasteiger charge is 2.49. The molecule has 2 atom stereocenters. The fraction of sp³-hybridized carbons (Fsp3) is 0.688. The summed E-state index contributed by atoms with van der Waals surface area (Å²) < 4.78 is 20.3. The third-order valence-electron chi connectivity index (χ3n) is 4.11. The first-order valence-corrected chi connectivity index (χ1v) is 7.30. The number of pyridine rings is 1. The molecule has 3 nitrogen and oxygen atoms in total. The fourth-order valence-electron chi connectivity index (χ4n) is 3.45. The van der Waals surface area contributed by atoms with Gasteiger partial charge in [0.2, 0.25) is 0 Å². The Kier molecular flexibility index (Phi) is 4.17. The van der Waals surface area contributed by atoms with Crippen LogP contribution in [0.15, 0.2) is 18.5 Å². The third-order valence-corrected chi connectivity index (χ3v) is 4.11. The predicted molar refractivity (Wildman–Crippen MR) is 78.0 cm³/mol. The minimum absolute atomic E-state index is 0.0558. The first kappa shape index (κ1) is 15.4. The van der Waals surface area contributed by atoms with Crippen LogP contribution in [0.25, 0.3) is 0 Å². The summed E-state index contributed by atoms with van der Waals surface area (Å²) in [5, 5.41) is 3.43. The summed E-state index contributed by atoms with van der Waals surface area (Å²) in [7, 11) is 0. The topological polar surface area (TPSA) is 34.2 Å². The van der Waals surface area contributed by atoms with Crippen molar-refractivity contribution >= 4 is 0 Å². The maximum atomic E-state index is 14.1. The van der Waals surface area contributed by atoms with Crippen LogP contribution in [0, 0.1) is 11.7 Å². The molecule has 1 N–H and O–H groups in total. The normalized spacial score (nSPS) is 25.6. The van der Waals surface area contributed by atoms with Gasteiger partial charge in [-0.05, 0) is 46.7 Å². The number of nitrogens with zero attached hydrogens (tertiary/aromatic N) is 1. The van der Waals surface area contributed by atoms with Crippen molar-refractivity contribution in [3.8, 4) is 0 Å². The summed E-state index contributed by atoms with van der Waals surface area (Å²) in [4.78, 5) is 3.84. The monoisotopic (exact) mass is 280 g/mol. The van der Waals surface area contributed by atoms with Crippen molar-refractivity contribution in [1.29, 1.82) is 0 Å². The van der Waals surface area contributed by atoms with E-state index in [-0.39, 0.29) is 29.0 Å². The molecule has 1 aliphatic heterocycles. The van der Waals surface area contributed by atoms with Crippen molar-refractivity contribution in [2.24, 2.45) is 5.92 Å². The number of hydrogen-bond acceptors (Lipinski definition) is 3. The highest BCUT2D eigenvalue weighted by Crippen LogP contribution is 2.47. The molecule has 0 aromatic carbocycles. The van der Waals surface area contributed by atoms with Gasteiger partial charge in [-0.15, -0.1) is 0 Å². The van der Waals surface area contributed by atoms with E-state index in [1.54, 1.807) is 12.3 Å². The molecule has 0 saturated carbocycles. The molecule has 4 heteroatoms. The minimum Gasteiger partial charge on any atom is -0.369 e. The highest BCUT2D eigenvalue weighted by molar-refractivity contribution is 5.21. The molecule has 1 saturated heterocycles. The number of aromatic nitrogens is 1. The van der Waals surface area contributed by atoms with E-state index in [4.69, 9.17) is 4.74 Å². The summed E-state index contributed by atoms with van der Waals surface area (Å²) in [5.41, 5.74) is 0.221. The summed E-state index contributed by atoms with van der Waals surface area (Å²) in [6.07, 6.45) is 3.84. The van der Waals surface area contributed by atoms with E-state index in [0.29, 0.717) is 5.56 Å². The Balaban J connectivity index is 2.37. The van der Waals surface area contributed by atoms with Crippen molar-refractivity contribution in [1.82, 2.24) is 10.3 Å². The lowest BCUT2D eigenvalue weighted by Gasteiger charge is -2.33. The summed E-state index contributed by atoms with van der Waals surface area (Å²) in [6, 6.07) is 1.71. The van der Waals surface area contributed by atoms with Gasteiger partial charge in [0.05, 0.1) is 17.4 Å². The standard InChI is InChI=1S/C16H25FN2O/c1-6-19-14(11-7-8-18-10-13(11)17)12-9-15(2,3)20-16(12,4)5/h7-8,10,12,14,19H,6,9H2,1-5H3. The number of ether oxygens (including phenoxy) is 1. The van der Waals surface area contributed by atoms with E-state index in [9.17, 15) is 4.39 Å². The van der Waals surface area contributed by atoms with Crippen molar-refractivity contribution in [2.75, 3.05) is 6.54 Å². The van der Waals surface area contributed by atoms with Gasteiger partial charge in [-0.3, -0.25) is 4.98 Å². The van der Waals surface area contributed by atoms with Gasteiger partial charge in [-0.2, -0.15) is 0 Å². The third kappa shape index (κ3) is 3.01. The molecule has 20 heavy (non-hydrogen) atoms. The lowest BCUT2D eigenvalue weighted by molar-refractivity contribution is -0.0779. The van der Waals surface area contributed by atoms with E-state index in [1.807, 2.05) is 6.92 Å². The summed E-state index contributed by atoms with van der Waals surface area (Å²) >= 11 is 0. The lowest BCUT2D eigenvalue weighted by Crippen LogP contribution is -2.39.